The lowest BCUT2D eigenvalue weighted by Crippen LogP contribution is -2.27. The van der Waals surface area contributed by atoms with Crippen molar-refractivity contribution in [1.29, 1.82) is 0 Å². The van der Waals surface area contributed by atoms with E-state index in [2.05, 4.69) is 20.9 Å². The summed E-state index contributed by atoms with van der Waals surface area (Å²) >= 11 is 3.33. The molecule has 0 aliphatic heterocycles. The van der Waals surface area contributed by atoms with Crippen LogP contribution in [0.2, 0.25) is 0 Å². The van der Waals surface area contributed by atoms with E-state index >= 15 is 0 Å². The molecule has 0 fully saturated rings. The summed E-state index contributed by atoms with van der Waals surface area (Å²) in [6.45, 7) is 5.31. The Labute approximate surface area is 158 Å². The highest BCUT2D eigenvalue weighted by atomic mass is 79.9. The first kappa shape index (κ1) is 18.4. The topological polar surface area (TPSA) is 53.4 Å². The molecule has 0 spiro atoms. The van der Waals surface area contributed by atoms with Crippen LogP contribution in [0.25, 0.3) is 22.4 Å². The van der Waals surface area contributed by atoms with Crippen molar-refractivity contribution in [1.82, 2.24) is 9.55 Å². The SMILES string of the molecule is COc1ccc2c(c1)nc(-c1cc(Br)ccc1F)n2C(=O)OC(C)(C)C. The largest absolute Gasteiger partial charge is 0.497 e. The molecule has 2 aromatic carbocycles. The molecule has 0 aliphatic rings. The van der Waals surface area contributed by atoms with Gasteiger partial charge in [-0.05, 0) is 51.1 Å². The quantitative estimate of drug-likeness (QED) is 0.556. The van der Waals surface area contributed by atoms with E-state index < -0.39 is 17.5 Å². The van der Waals surface area contributed by atoms with Crippen LogP contribution in [0.5, 0.6) is 5.75 Å². The van der Waals surface area contributed by atoms with Crippen molar-refractivity contribution in [2.45, 2.75) is 26.4 Å². The van der Waals surface area contributed by atoms with E-state index in [9.17, 15) is 9.18 Å². The molecular formula is C19H18BrFN2O3. The number of hydrogen-bond donors (Lipinski definition) is 0. The Morgan fingerprint density at radius 1 is 1.19 bits per heavy atom. The minimum absolute atomic E-state index is 0.168. The van der Waals surface area contributed by atoms with E-state index in [1.165, 1.54) is 10.6 Å². The predicted octanol–water partition coefficient (Wildman–Crippen LogP) is 5.40. The lowest BCUT2D eigenvalue weighted by molar-refractivity contribution is 0.0546. The summed E-state index contributed by atoms with van der Waals surface area (Å²) in [7, 11) is 1.54. The van der Waals surface area contributed by atoms with Crippen molar-refractivity contribution in [2.24, 2.45) is 0 Å². The lowest BCUT2D eigenvalue weighted by Gasteiger charge is -2.20. The van der Waals surface area contributed by atoms with Crippen LogP contribution in [0.15, 0.2) is 40.9 Å². The third-order valence-corrected chi connectivity index (χ3v) is 4.10. The Bertz CT molecular complexity index is 992. The van der Waals surface area contributed by atoms with Crippen LogP contribution in [0, 0.1) is 5.82 Å². The number of fused-ring (bicyclic) bond motifs is 1. The molecule has 0 atom stereocenters. The van der Waals surface area contributed by atoms with Crippen molar-refractivity contribution in [3.8, 4) is 17.1 Å². The molecule has 0 aliphatic carbocycles. The summed E-state index contributed by atoms with van der Waals surface area (Å²) in [6, 6.07) is 9.59. The van der Waals surface area contributed by atoms with Crippen LogP contribution in [-0.4, -0.2) is 28.4 Å². The molecule has 26 heavy (non-hydrogen) atoms. The first-order valence-corrected chi connectivity index (χ1v) is 8.74. The molecule has 5 nitrogen and oxygen atoms in total. The monoisotopic (exact) mass is 420 g/mol. The van der Waals surface area contributed by atoms with E-state index in [0.717, 1.165) is 0 Å². The number of methoxy groups -OCH3 is 1. The fourth-order valence-electron chi connectivity index (χ4n) is 2.53. The maximum absolute atomic E-state index is 14.5. The maximum atomic E-state index is 14.5. The lowest BCUT2D eigenvalue weighted by atomic mass is 10.2. The second-order valence-corrected chi connectivity index (χ2v) is 7.65. The van der Waals surface area contributed by atoms with E-state index in [1.807, 2.05) is 0 Å². The standard InChI is InChI=1S/C19H18BrFN2O3/c1-19(2,3)26-18(24)23-16-8-6-12(25-4)10-15(16)22-17(23)13-9-11(20)5-7-14(13)21/h5-10H,1-4H3. The summed E-state index contributed by atoms with van der Waals surface area (Å²) < 4.78 is 27.1. The maximum Gasteiger partial charge on any atom is 0.420 e. The molecule has 136 valence electrons. The zero-order valence-electron chi connectivity index (χ0n) is 14.8. The van der Waals surface area contributed by atoms with Gasteiger partial charge in [-0.3, -0.25) is 0 Å². The van der Waals surface area contributed by atoms with E-state index in [1.54, 1.807) is 58.2 Å². The van der Waals surface area contributed by atoms with Gasteiger partial charge in [0.2, 0.25) is 0 Å². The van der Waals surface area contributed by atoms with Gasteiger partial charge in [-0.1, -0.05) is 15.9 Å². The molecule has 0 N–H and O–H groups in total. The van der Waals surface area contributed by atoms with Gasteiger partial charge in [-0.2, -0.15) is 0 Å². The Morgan fingerprint density at radius 2 is 1.92 bits per heavy atom. The zero-order chi connectivity index (χ0) is 19.1. The fourth-order valence-corrected chi connectivity index (χ4v) is 2.89. The van der Waals surface area contributed by atoms with Gasteiger partial charge in [0.15, 0.2) is 5.82 Å². The Balaban J connectivity index is 2.28. The molecule has 0 bridgehead atoms. The number of nitrogens with zero attached hydrogens (tertiary/aromatic N) is 2. The molecule has 3 rings (SSSR count). The van der Waals surface area contributed by atoms with Crippen molar-refractivity contribution in [3.05, 3.63) is 46.7 Å². The van der Waals surface area contributed by atoms with Gasteiger partial charge >= 0.3 is 6.09 Å². The fraction of sp³-hybridized carbons (Fsp3) is 0.263. The van der Waals surface area contributed by atoms with Crippen molar-refractivity contribution in [2.75, 3.05) is 7.11 Å². The van der Waals surface area contributed by atoms with E-state index in [-0.39, 0.29) is 11.4 Å². The van der Waals surface area contributed by atoms with Crippen LogP contribution in [0.4, 0.5) is 9.18 Å². The average molecular weight is 421 g/mol. The number of imidazole rings is 1. The van der Waals surface area contributed by atoms with Crippen LogP contribution in [0.3, 0.4) is 0 Å². The number of halogens is 2. The minimum Gasteiger partial charge on any atom is -0.497 e. The van der Waals surface area contributed by atoms with Crippen LogP contribution in [-0.2, 0) is 4.74 Å². The third kappa shape index (κ3) is 3.58. The molecule has 3 aromatic rings. The summed E-state index contributed by atoms with van der Waals surface area (Å²) in [6.07, 6.45) is -0.625. The van der Waals surface area contributed by atoms with E-state index in [0.29, 0.717) is 21.3 Å². The highest BCUT2D eigenvalue weighted by Gasteiger charge is 2.25. The molecule has 1 aromatic heterocycles. The molecular weight excluding hydrogens is 403 g/mol. The van der Waals surface area contributed by atoms with Gasteiger partial charge in [-0.15, -0.1) is 0 Å². The van der Waals surface area contributed by atoms with Gasteiger partial charge in [0.05, 0.1) is 23.7 Å². The minimum atomic E-state index is -0.701. The average Bonchev–Trinajstić information content (AvgIpc) is 2.93. The molecule has 0 saturated heterocycles. The first-order chi connectivity index (χ1) is 12.2. The van der Waals surface area contributed by atoms with Crippen LogP contribution in [0.1, 0.15) is 20.8 Å². The van der Waals surface area contributed by atoms with Crippen LogP contribution < -0.4 is 4.74 Å². The summed E-state index contributed by atoms with van der Waals surface area (Å²) in [5.41, 5.74) is 0.507. The number of ether oxygens (including phenoxy) is 2. The molecule has 0 radical (unpaired) electrons. The molecule has 0 unspecified atom stereocenters. The molecule has 1 heterocycles. The number of hydrogen-bond acceptors (Lipinski definition) is 4. The number of carbonyl (C=O) groups is 1. The smallest absolute Gasteiger partial charge is 0.420 e. The van der Waals surface area contributed by atoms with Crippen molar-refractivity contribution in [3.63, 3.8) is 0 Å². The summed E-state index contributed by atoms with van der Waals surface area (Å²) in [5.74, 6) is 0.272. The molecule has 0 saturated carbocycles. The van der Waals surface area contributed by atoms with E-state index in [4.69, 9.17) is 9.47 Å². The Kier molecular flexibility index (Phi) is 4.75. The van der Waals surface area contributed by atoms with Crippen molar-refractivity contribution < 1.29 is 18.7 Å². The third-order valence-electron chi connectivity index (χ3n) is 3.61. The number of rotatable bonds is 2. The van der Waals surface area contributed by atoms with Gasteiger partial charge in [0, 0.05) is 10.5 Å². The van der Waals surface area contributed by atoms with Crippen molar-refractivity contribution >= 4 is 33.1 Å². The number of benzene rings is 2. The number of aromatic nitrogens is 2. The second kappa shape index (κ2) is 6.72. The first-order valence-electron chi connectivity index (χ1n) is 7.95. The molecule has 7 heteroatoms. The Hall–Kier alpha value is -2.41. The van der Waals surface area contributed by atoms with Gasteiger partial charge in [0.25, 0.3) is 0 Å². The zero-order valence-corrected chi connectivity index (χ0v) is 16.4. The van der Waals surface area contributed by atoms with Gasteiger partial charge < -0.3 is 9.47 Å². The van der Waals surface area contributed by atoms with Gasteiger partial charge in [0.1, 0.15) is 17.2 Å². The highest BCUT2D eigenvalue weighted by Crippen LogP contribution is 2.31. The molecule has 0 amide bonds. The summed E-state index contributed by atoms with van der Waals surface area (Å²) in [4.78, 5) is 17.3. The highest BCUT2D eigenvalue weighted by molar-refractivity contribution is 9.10. The second-order valence-electron chi connectivity index (χ2n) is 6.73. The number of carbonyl (C=O) groups excluding carboxylic acids is 1. The predicted molar refractivity (Wildman–Crippen MR) is 101 cm³/mol. The Morgan fingerprint density at radius 3 is 2.58 bits per heavy atom. The normalized spacial score (nSPS) is 11.6. The van der Waals surface area contributed by atoms with Gasteiger partial charge in [-0.25, -0.2) is 18.7 Å². The van der Waals surface area contributed by atoms with Crippen LogP contribution >= 0.6 is 15.9 Å². The summed E-state index contributed by atoms with van der Waals surface area (Å²) in [5, 5.41) is 0.